The topological polar surface area (TPSA) is 84.7 Å². The van der Waals surface area contributed by atoms with Gasteiger partial charge in [0, 0.05) is 16.5 Å². The van der Waals surface area contributed by atoms with Crippen LogP contribution in [0.15, 0.2) is 35.1 Å². The van der Waals surface area contributed by atoms with Crippen molar-refractivity contribution in [2.45, 2.75) is 76.9 Å². The fourth-order valence-corrected chi connectivity index (χ4v) is 9.91. The summed E-state index contributed by atoms with van der Waals surface area (Å²) in [6.07, 6.45) is 3.70. The van der Waals surface area contributed by atoms with Gasteiger partial charge in [0.1, 0.15) is 14.8 Å². The maximum Gasteiger partial charge on any atom is 0.343 e. The van der Waals surface area contributed by atoms with Gasteiger partial charge in [-0.15, -0.1) is 0 Å². The average Bonchev–Trinajstić information content (AvgIpc) is 3.58. The van der Waals surface area contributed by atoms with E-state index >= 15 is 0 Å². The van der Waals surface area contributed by atoms with E-state index in [-0.39, 0.29) is 18.6 Å². The summed E-state index contributed by atoms with van der Waals surface area (Å²) in [5.41, 5.74) is 3.50. The average molecular weight is 518 g/mol. The highest BCUT2D eigenvalue weighted by Gasteiger charge is 2.45. The van der Waals surface area contributed by atoms with E-state index < -0.39 is 19.8 Å². The third kappa shape index (κ3) is 3.64. The highest BCUT2D eigenvalue weighted by Crippen LogP contribution is 2.41. The zero-order valence-corrected chi connectivity index (χ0v) is 23.0. The summed E-state index contributed by atoms with van der Waals surface area (Å²) in [4.78, 5) is 31.2. The van der Waals surface area contributed by atoms with Crippen LogP contribution in [0, 0.1) is 0 Å². The van der Waals surface area contributed by atoms with Crippen LogP contribution in [0.4, 0.5) is 0 Å². The highest BCUT2D eigenvalue weighted by atomic mass is 28.3. The molecule has 1 fully saturated rings. The van der Waals surface area contributed by atoms with E-state index in [9.17, 15) is 14.7 Å². The number of ether oxygens (including phenoxy) is 1. The molecular formula is C29H35N3O4Si. The van der Waals surface area contributed by atoms with E-state index in [4.69, 9.17) is 9.72 Å². The van der Waals surface area contributed by atoms with Gasteiger partial charge in [0.15, 0.2) is 5.60 Å². The van der Waals surface area contributed by atoms with Gasteiger partial charge in [0.05, 0.1) is 29.0 Å². The van der Waals surface area contributed by atoms with Crippen molar-refractivity contribution in [2.24, 2.45) is 0 Å². The number of hydrogen-bond donors (Lipinski definition) is 1. The van der Waals surface area contributed by atoms with Gasteiger partial charge in [-0.05, 0) is 68.6 Å². The number of rotatable bonds is 6. The van der Waals surface area contributed by atoms with Crippen LogP contribution >= 0.6 is 0 Å². The first-order valence-corrected chi connectivity index (χ1v) is 16.5. The summed E-state index contributed by atoms with van der Waals surface area (Å²) < 4.78 is 9.77. The molecule has 3 aliphatic heterocycles. The van der Waals surface area contributed by atoms with Crippen molar-refractivity contribution in [3.8, 4) is 11.4 Å². The first-order valence-electron chi connectivity index (χ1n) is 13.6. The molecule has 1 saturated heterocycles. The number of fused-ring (bicyclic) bond motifs is 5. The Balaban J connectivity index is 1.49. The minimum atomic E-state index is -1.81. The summed E-state index contributed by atoms with van der Waals surface area (Å²) in [7, 11) is -1.58. The zero-order valence-electron chi connectivity index (χ0n) is 22.0. The largest absolute Gasteiger partial charge is 0.458 e. The SMILES string of the molecule is CC[C@@]1(O)C(=O)OCc2c1cc1n(c2=O)Cc2c-1nc1ccccc1c2CC[Si](C)(CC)N1CCCC1. The van der Waals surface area contributed by atoms with E-state index in [1.807, 2.05) is 18.2 Å². The fourth-order valence-electron chi connectivity index (χ4n) is 6.61. The molecule has 37 heavy (non-hydrogen) atoms. The summed E-state index contributed by atoms with van der Waals surface area (Å²) in [6.45, 7) is 9.39. The number of esters is 1. The standard InChI is InChI=1S/C29H35N3O4Si/c1-4-29(35)23-16-25-26-21(17-32(25)27(33)22(23)18-36-28(29)34)19(20-10-6-7-11-24(20)30-26)12-15-37(3,5-2)31-13-8-9-14-31/h6-7,10-11,16,35H,4-5,8-9,12-15,17-18H2,1-3H3/t29-,37?/m0/s1. The minimum absolute atomic E-state index is 0.107. The first kappa shape index (κ1) is 24.5. The van der Waals surface area contributed by atoms with Crippen LogP contribution in [0.25, 0.3) is 22.3 Å². The van der Waals surface area contributed by atoms with Crippen molar-refractivity contribution in [1.82, 2.24) is 14.1 Å². The summed E-state index contributed by atoms with van der Waals surface area (Å²) in [6, 6.07) is 12.5. The lowest BCUT2D eigenvalue weighted by molar-refractivity contribution is -0.172. The van der Waals surface area contributed by atoms with Gasteiger partial charge in [0.25, 0.3) is 5.56 Å². The molecule has 194 valence electrons. The Hall–Kier alpha value is -2.81. The predicted octanol–water partition coefficient (Wildman–Crippen LogP) is 4.31. The molecule has 0 saturated carbocycles. The van der Waals surface area contributed by atoms with E-state index in [0.29, 0.717) is 23.4 Å². The lowest BCUT2D eigenvalue weighted by Gasteiger charge is -2.36. The Labute approximate surface area is 218 Å². The number of carbonyl (C=O) groups excluding carboxylic acids is 1. The summed E-state index contributed by atoms with van der Waals surface area (Å²) >= 11 is 0. The van der Waals surface area contributed by atoms with Crippen molar-refractivity contribution in [2.75, 3.05) is 13.1 Å². The molecule has 5 heterocycles. The second kappa shape index (κ2) is 8.89. The molecular weight excluding hydrogens is 482 g/mol. The normalized spacial score (nSPS) is 22.4. The molecule has 7 nitrogen and oxygen atoms in total. The van der Waals surface area contributed by atoms with E-state index in [0.717, 1.165) is 28.6 Å². The minimum Gasteiger partial charge on any atom is -0.458 e. The molecule has 0 radical (unpaired) electrons. The van der Waals surface area contributed by atoms with E-state index in [1.165, 1.54) is 43.6 Å². The molecule has 1 N–H and O–H groups in total. The van der Waals surface area contributed by atoms with E-state index in [1.54, 1.807) is 11.5 Å². The smallest absolute Gasteiger partial charge is 0.343 e. The summed E-state index contributed by atoms with van der Waals surface area (Å²) in [5.74, 6) is -0.692. The van der Waals surface area contributed by atoms with Gasteiger partial charge in [-0.25, -0.2) is 9.78 Å². The van der Waals surface area contributed by atoms with Gasteiger partial charge >= 0.3 is 5.97 Å². The number of cyclic esters (lactones) is 1. The number of aliphatic hydroxyl groups is 1. The Morgan fingerprint density at radius 2 is 1.89 bits per heavy atom. The van der Waals surface area contributed by atoms with Crippen molar-refractivity contribution in [3.63, 3.8) is 0 Å². The van der Waals surface area contributed by atoms with Gasteiger partial charge in [-0.2, -0.15) is 0 Å². The molecule has 1 unspecified atom stereocenters. The lowest BCUT2D eigenvalue weighted by Crippen LogP contribution is -2.49. The maximum atomic E-state index is 13.7. The van der Waals surface area contributed by atoms with Crippen molar-refractivity contribution < 1.29 is 14.6 Å². The Bertz CT molecular complexity index is 1480. The molecule has 2 atom stereocenters. The Morgan fingerprint density at radius 3 is 2.62 bits per heavy atom. The number of para-hydroxylation sites is 1. The number of pyridine rings is 2. The number of hydrogen-bond acceptors (Lipinski definition) is 6. The van der Waals surface area contributed by atoms with Crippen molar-refractivity contribution in [1.29, 1.82) is 0 Å². The fraction of sp³-hybridized carbons (Fsp3) is 0.483. The quantitative estimate of drug-likeness (QED) is 0.303. The van der Waals surface area contributed by atoms with Crippen LogP contribution < -0.4 is 5.56 Å². The predicted molar refractivity (Wildman–Crippen MR) is 146 cm³/mol. The number of benzene rings is 1. The van der Waals surface area contributed by atoms with Crippen LogP contribution in [0.1, 0.15) is 55.4 Å². The highest BCUT2D eigenvalue weighted by molar-refractivity contribution is 6.76. The molecule has 0 aliphatic carbocycles. The molecule has 0 amide bonds. The van der Waals surface area contributed by atoms with Crippen molar-refractivity contribution >= 4 is 25.1 Å². The molecule has 0 bridgehead atoms. The third-order valence-corrected chi connectivity index (χ3v) is 14.1. The van der Waals surface area contributed by atoms with Crippen LogP contribution in [-0.2, 0) is 34.7 Å². The summed E-state index contributed by atoms with van der Waals surface area (Å²) in [5, 5.41) is 12.3. The second-order valence-electron chi connectivity index (χ2n) is 11.1. The van der Waals surface area contributed by atoms with Gasteiger partial charge < -0.3 is 19.0 Å². The monoisotopic (exact) mass is 517 g/mol. The van der Waals surface area contributed by atoms with Crippen LogP contribution in [0.2, 0.25) is 18.6 Å². The zero-order chi connectivity index (χ0) is 25.9. The Kier molecular flexibility index (Phi) is 5.89. The number of aromatic nitrogens is 2. The number of nitrogens with zero attached hydrogens (tertiary/aromatic N) is 3. The molecule has 8 heteroatoms. The third-order valence-electron chi connectivity index (χ3n) is 9.26. The van der Waals surface area contributed by atoms with Crippen LogP contribution in [-0.4, -0.2) is 46.5 Å². The van der Waals surface area contributed by atoms with Gasteiger partial charge in [-0.1, -0.05) is 38.6 Å². The number of carbonyl (C=O) groups is 1. The van der Waals surface area contributed by atoms with Gasteiger partial charge in [-0.3, -0.25) is 4.79 Å². The molecule has 2 aromatic heterocycles. The molecule has 6 rings (SSSR count). The van der Waals surface area contributed by atoms with Gasteiger partial charge in [0.2, 0.25) is 0 Å². The maximum absolute atomic E-state index is 13.7. The van der Waals surface area contributed by atoms with Crippen LogP contribution in [0.5, 0.6) is 0 Å². The number of aryl methyl sites for hydroxylation is 1. The van der Waals surface area contributed by atoms with Crippen molar-refractivity contribution in [3.05, 3.63) is 62.9 Å². The molecule has 3 aromatic rings. The second-order valence-corrected chi connectivity index (χ2v) is 15.9. The van der Waals surface area contributed by atoms with Crippen LogP contribution in [0.3, 0.4) is 0 Å². The van der Waals surface area contributed by atoms with E-state index in [2.05, 4.69) is 30.2 Å². The molecule has 3 aliphatic rings. The lowest BCUT2D eigenvalue weighted by atomic mass is 9.86. The molecule has 1 aromatic carbocycles. The Morgan fingerprint density at radius 1 is 1.14 bits per heavy atom. The first-order chi connectivity index (χ1) is 17.8. The molecule has 0 spiro atoms.